The highest BCUT2D eigenvalue weighted by Gasteiger charge is 2.32. The van der Waals surface area contributed by atoms with Crippen LogP contribution in [0.25, 0.3) is 6.08 Å². The molecule has 182 valence electrons. The molecule has 1 heterocycles. The molecule has 2 aromatic rings. The van der Waals surface area contributed by atoms with Gasteiger partial charge in [-0.2, -0.15) is 8.78 Å². The van der Waals surface area contributed by atoms with E-state index in [0.717, 1.165) is 0 Å². The number of carbonyl (C=O) groups is 1. The highest BCUT2D eigenvalue weighted by atomic mass is 32.2. The lowest BCUT2D eigenvalue weighted by molar-refractivity contribution is -0.113. The van der Waals surface area contributed by atoms with E-state index in [-0.39, 0.29) is 29.2 Å². The van der Waals surface area contributed by atoms with Gasteiger partial charge in [0.05, 0.1) is 25.0 Å². The topological polar surface area (TPSA) is 80.6 Å². The molecule has 0 fully saturated rings. The Morgan fingerprint density at radius 3 is 2.56 bits per heavy atom. The maximum Gasteiger partial charge on any atom is 0.387 e. The molecular weight excluding hydrogens is 466 g/mol. The second kappa shape index (κ2) is 11.8. The Kier molecular flexibility index (Phi) is 8.89. The van der Waals surface area contributed by atoms with E-state index in [2.05, 4.69) is 9.73 Å². The first-order valence-corrected chi connectivity index (χ1v) is 11.7. The van der Waals surface area contributed by atoms with E-state index in [4.69, 9.17) is 9.47 Å². The molecule has 0 aliphatic carbocycles. The summed E-state index contributed by atoms with van der Waals surface area (Å²) >= 11 is 1.35. The molecule has 1 N–H and O–H groups in total. The fourth-order valence-electron chi connectivity index (χ4n) is 3.06. The quantitative estimate of drug-likeness (QED) is 0.358. The van der Waals surface area contributed by atoms with Crippen molar-refractivity contribution in [1.29, 1.82) is 0 Å². The van der Waals surface area contributed by atoms with Crippen molar-refractivity contribution in [3.8, 4) is 17.2 Å². The van der Waals surface area contributed by atoms with Crippen molar-refractivity contribution < 1.29 is 32.9 Å². The number of aliphatic imine (C=N–C) groups is 1. The zero-order valence-electron chi connectivity index (χ0n) is 19.0. The number of phenolic OH excluding ortho intramolecular Hbond substituents is 1. The normalized spacial score (nSPS) is 14.9. The molecule has 0 saturated carbocycles. The smallest absolute Gasteiger partial charge is 0.387 e. The van der Waals surface area contributed by atoms with Crippen molar-refractivity contribution in [2.45, 2.75) is 33.5 Å². The van der Waals surface area contributed by atoms with Gasteiger partial charge in [-0.3, -0.25) is 9.69 Å². The molecule has 1 aliphatic rings. The van der Waals surface area contributed by atoms with Crippen molar-refractivity contribution in [2.24, 2.45) is 4.99 Å². The fourth-order valence-corrected chi connectivity index (χ4v) is 3.91. The van der Waals surface area contributed by atoms with Crippen LogP contribution in [0.4, 0.5) is 14.5 Å². The molecule has 0 radical (unpaired) electrons. The van der Waals surface area contributed by atoms with E-state index in [9.17, 15) is 18.7 Å². The van der Waals surface area contributed by atoms with Crippen molar-refractivity contribution in [3.63, 3.8) is 0 Å². The number of rotatable bonds is 10. The van der Waals surface area contributed by atoms with Crippen molar-refractivity contribution in [1.82, 2.24) is 0 Å². The van der Waals surface area contributed by atoms with Gasteiger partial charge in [-0.25, -0.2) is 4.99 Å². The Labute approximate surface area is 201 Å². The number of nitrogens with zero attached hydrogens (tertiary/aromatic N) is 2. The lowest BCUT2D eigenvalue weighted by Gasteiger charge is -2.18. The predicted octanol–water partition coefficient (Wildman–Crippen LogP) is 5.29. The van der Waals surface area contributed by atoms with Crippen LogP contribution in [0.3, 0.4) is 0 Å². The third-order valence-corrected chi connectivity index (χ3v) is 5.41. The number of hydrogen-bond donors (Lipinski definition) is 1. The van der Waals surface area contributed by atoms with Crippen molar-refractivity contribution in [3.05, 3.63) is 53.7 Å². The number of thioether (sulfide) groups is 1. The molecule has 0 saturated heterocycles. The highest BCUT2D eigenvalue weighted by Crippen LogP contribution is 2.32. The minimum Gasteiger partial charge on any atom is -0.504 e. The second-order valence-corrected chi connectivity index (χ2v) is 8.43. The number of anilines is 1. The van der Waals surface area contributed by atoms with E-state index in [1.54, 1.807) is 25.1 Å². The molecule has 0 spiro atoms. The summed E-state index contributed by atoms with van der Waals surface area (Å²) in [5, 5.41) is 10.4. The van der Waals surface area contributed by atoms with Gasteiger partial charge in [0.2, 0.25) is 0 Å². The molecule has 0 bridgehead atoms. The van der Waals surface area contributed by atoms with E-state index in [1.165, 1.54) is 47.0 Å². The summed E-state index contributed by atoms with van der Waals surface area (Å²) in [6.45, 7) is 3.59. The van der Waals surface area contributed by atoms with Crippen LogP contribution in [-0.2, 0) is 9.53 Å². The summed E-state index contributed by atoms with van der Waals surface area (Å²) < 4.78 is 40.3. The minimum absolute atomic E-state index is 0.000574. The number of amides is 1. The van der Waals surface area contributed by atoms with Crippen molar-refractivity contribution >= 4 is 34.6 Å². The van der Waals surface area contributed by atoms with Crippen LogP contribution in [0.2, 0.25) is 0 Å². The number of halogens is 2. The van der Waals surface area contributed by atoms with E-state index >= 15 is 0 Å². The van der Waals surface area contributed by atoms with Crippen LogP contribution in [-0.4, -0.2) is 47.9 Å². The molecule has 0 atom stereocenters. The number of carbonyl (C=O) groups excluding carboxylic acids is 1. The maximum atomic E-state index is 13.3. The average Bonchev–Trinajstić information content (AvgIpc) is 3.09. The number of ether oxygens (including phenoxy) is 3. The second-order valence-electron chi connectivity index (χ2n) is 7.37. The molecule has 0 aromatic heterocycles. The standard InChI is InChI=1S/C24H26F2N2O5S/c1-4-31-21-14-16(5-10-20(21)29)13-19-22(30)28(24(27-19)34-12-11-32-15(2)3)17-6-8-18(9-7-17)33-23(25)26/h5-10,13-15,23,29H,4,11-12H2,1-3H3/b19-13-. The minimum atomic E-state index is -2.94. The van der Waals surface area contributed by atoms with Gasteiger partial charge in [-0.15, -0.1) is 0 Å². The van der Waals surface area contributed by atoms with Crippen LogP contribution >= 0.6 is 11.8 Å². The van der Waals surface area contributed by atoms with Crippen molar-refractivity contribution in [2.75, 3.05) is 23.9 Å². The molecule has 3 rings (SSSR count). The monoisotopic (exact) mass is 492 g/mol. The summed E-state index contributed by atoms with van der Waals surface area (Å²) in [5.41, 5.74) is 1.28. The third kappa shape index (κ3) is 6.71. The van der Waals surface area contributed by atoms with Gasteiger partial charge in [-0.1, -0.05) is 17.8 Å². The average molecular weight is 493 g/mol. The van der Waals surface area contributed by atoms with Crippen LogP contribution in [0, 0.1) is 0 Å². The number of phenols is 1. The number of aromatic hydroxyl groups is 1. The Bertz CT molecular complexity index is 1060. The van der Waals surface area contributed by atoms with Gasteiger partial charge < -0.3 is 19.3 Å². The van der Waals surface area contributed by atoms with Crippen LogP contribution in [0.1, 0.15) is 26.3 Å². The van der Waals surface area contributed by atoms with Gasteiger partial charge in [0.25, 0.3) is 5.91 Å². The summed E-state index contributed by atoms with van der Waals surface area (Å²) in [5.74, 6) is 0.484. The van der Waals surface area contributed by atoms with Crippen LogP contribution in [0.15, 0.2) is 53.2 Å². The first-order valence-electron chi connectivity index (χ1n) is 10.7. The van der Waals surface area contributed by atoms with Crippen LogP contribution in [0.5, 0.6) is 17.2 Å². The first-order chi connectivity index (χ1) is 16.3. The Balaban J connectivity index is 1.88. The Morgan fingerprint density at radius 2 is 1.91 bits per heavy atom. The van der Waals surface area contributed by atoms with Gasteiger partial charge in [0, 0.05) is 5.75 Å². The number of amidine groups is 1. The molecular formula is C24H26F2N2O5S. The Hall–Kier alpha value is -3.11. The highest BCUT2D eigenvalue weighted by molar-refractivity contribution is 8.14. The number of alkyl halides is 2. The zero-order valence-corrected chi connectivity index (χ0v) is 19.9. The van der Waals surface area contributed by atoms with Gasteiger partial charge in [0.1, 0.15) is 11.4 Å². The molecule has 0 unspecified atom stereocenters. The molecule has 1 amide bonds. The fraction of sp³-hybridized carbons (Fsp3) is 0.333. The summed E-state index contributed by atoms with van der Waals surface area (Å²) in [4.78, 5) is 19.2. The summed E-state index contributed by atoms with van der Waals surface area (Å²) in [6, 6.07) is 10.5. The van der Waals surface area contributed by atoms with E-state index < -0.39 is 6.61 Å². The molecule has 34 heavy (non-hydrogen) atoms. The van der Waals surface area contributed by atoms with Gasteiger partial charge in [-0.05, 0) is 68.8 Å². The predicted molar refractivity (Wildman–Crippen MR) is 129 cm³/mol. The Morgan fingerprint density at radius 1 is 1.18 bits per heavy atom. The molecule has 10 heteroatoms. The SMILES string of the molecule is CCOc1cc(/C=C2\N=C(SCCOC(C)C)N(c3ccc(OC(F)F)cc3)C2=O)ccc1O. The zero-order chi connectivity index (χ0) is 24.7. The third-order valence-electron chi connectivity index (χ3n) is 4.50. The lowest BCUT2D eigenvalue weighted by atomic mass is 10.1. The number of hydrogen-bond acceptors (Lipinski definition) is 7. The molecule has 7 nitrogen and oxygen atoms in total. The molecule has 1 aliphatic heterocycles. The summed E-state index contributed by atoms with van der Waals surface area (Å²) in [7, 11) is 0. The number of benzene rings is 2. The first kappa shape index (κ1) is 25.5. The lowest BCUT2D eigenvalue weighted by Crippen LogP contribution is -2.30. The summed E-state index contributed by atoms with van der Waals surface area (Å²) in [6.07, 6.45) is 1.68. The molecule has 2 aromatic carbocycles. The van der Waals surface area contributed by atoms with E-state index in [1.807, 2.05) is 13.8 Å². The van der Waals surface area contributed by atoms with Crippen LogP contribution < -0.4 is 14.4 Å². The van der Waals surface area contributed by atoms with Gasteiger partial charge >= 0.3 is 6.61 Å². The largest absolute Gasteiger partial charge is 0.504 e. The maximum absolute atomic E-state index is 13.3. The van der Waals surface area contributed by atoms with Gasteiger partial charge in [0.15, 0.2) is 16.7 Å². The van der Waals surface area contributed by atoms with E-state index in [0.29, 0.717) is 41.1 Å².